The van der Waals surface area contributed by atoms with Crippen LogP contribution in [0.15, 0.2) is 5.38 Å². The molecule has 0 radical (unpaired) electrons. The van der Waals surface area contributed by atoms with Gasteiger partial charge in [-0.3, -0.25) is 0 Å². The molecule has 1 rings (SSSR count). The van der Waals surface area contributed by atoms with E-state index in [1.807, 2.05) is 6.92 Å². The molecule has 0 bridgehead atoms. The second-order valence-electron chi connectivity index (χ2n) is 1.82. The lowest BCUT2D eigenvalue weighted by molar-refractivity contribution is 0.231. The van der Waals surface area contributed by atoms with Crippen LogP contribution in [-0.2, 0) is 0 Å². The van der Waals surface area contributed by atoms with E-state index in [9.17, 15) is 0 Å². The van der Waals surface area contributed by atoms with Crippen molar-refractivity contribution in [2.75, 3.05) is 0 Å². The van der Waals surface area contributed by atoms with Crippen molar-refractivity contribution in [1.82, 2.24) is 4.98 Å². The SMILES string of the molecule is Cc1nc(C(O)C#N)cs1. The van der Waals surface area contributed by atoms with Crippen LogP contribution in [0.1, 0.15) is 16.8 Å². The largest absolute Gasteiger partial charge is 0.373 e. The van der Waals surface area contributed by atoms with E-state index in [1.54, 1.807) is 11.4 Å². The van der Waals surface area contributed by atoms with Crippen LogP contribution in [0.2, 0.25) is 0 Å². The molecule has 0 aliphatic carbocycles. The summed E-state index contributed by atoms with van der Waals surface area (Å²) in [5.74, 6) is 0. The summed E-state index contributed by atoms with van der Waals surface area (Å²) in [4.78, 5) is 3.93. The quantitative estimate of drug-likeness (QED) is 0.614. The second-order valence-corrected chi connectivity index (χ2v) is 2.89. The highest BCUT2D eigenvalue weighted by Gasteiger charge is 2.07. The Hall–Kier alpha value is -0.920. The summed E-state index contributed by atoms with van der Waals surface area (Å²) < 4.78 is 0. The fourth-order valence-corrected chi connectivity index (χ4v) is 1.20. The Labute approximate surface area is 62.6 Å². The van der Waals surface area contributed by atoms with E-state index in [1.165, 1.54) is 11.3 Å². The second kappa shape index (κ2) is 2.78. The van der Waals surface area contributed by atoms with Crippen molar-refractivity contribution in [2.24, 2.45) is 0 Å². The maximum Gasteiger partial charge on any atom is 0.183 e. The van der Waals surface area contributed by atoms with Crippen LogP contribution < -0.4 is 0 Å². The van der Waals surface area contributed by atoms with Crippen LogP contribution in [0, 0.1) is 18.3 Å². The van der Waals surface area contributed by atoms with Crippen molar-refractivity contribution < 1.29 is 5.11 Å². The number of aromatic nitrogens is 1. The number of aliphatic hydroxyl groups excluding tert-OH is 1. The number of aliphatic hydroxyl groups is 1. The van der Waals surface area contributed by atoms with Gasteiger partial charge in [0.05, 0.1) is 10.7 Å². The number of nitriles is 1. The average Bonchev–Trinajstić information content (AvgIpc) is 2.34. The fraction of sp³-hybridized carbons (Fsp3) is 0.333. The third-order valence-electron chi connectivity index (χ3n) is 1.04. The predicted octanol–water partition coefficient (Wildman–Crippen LogP) is 1.01. The maximum atomic E-state index is 8.93. The van der Waals surface area contributed by atoms with Gasteiger partial charge < -0.3 is 5.11 Å². The van der Waals surface area contributed by atoms with Gasteiger partial charge in [0.25, 0.3) is 0 Å². The zero-order chi connectivity index (χ0) is 7.56. The molecule has 1 aromatic rings. The van der Waals surface area contributed by atoms with E-state index in [0.717, 1.165) is 5.01 Å². The first-order valence-corrected chi connectivity index (χ1v) is 3.61. The Kier molecular flexibility index (Phi) is 2.00. The third kappa shape index (κ3) is 1.32. The van der Waals surface area contributed by atoms with Gasteiger partial charge in [0, 0.05) is 5.38 Å². The minimum absolute atomic E-state index is 0.449. The molecule has 1 N–H and O–H groups in total. The summed E-state index contributed by atoms with van der Waals surface area (Å²) in [6.07, 6.45) is -1.06. The molecule has 1 unspecified atom stereocenters. The third-order valence-corrected chi connectivity index (χ3v) is 1.83. The first kappa shape index (κ1) is 7.19. The highest BCUT2D eigenvalue weighted by molar-refractivity contribution is 7.09. The zero-order valence-electron chi connectivity index (χ0n) is 5.40. The standard InChI is InChI=1S/C6H6N2OS/c1-4-8-5(3-10-4)6(9)2-7/h3,6,9H,1H3. The molecule has 1 heterocycles. The summed E-state index contributed by atoms with van der Waals surface area (Å²) in [7, 11) is 0. The molecule has 4 heteroatoms. The monoisotopic (exact) mass is 154 g/mol. The van der Waals surface area contributed by atoms with Gasteiger partial charge >= 0.3 is 0 Å². The number of thiazole rings is 1. The molecular weight excluding hydrogens is 148 g/mol. The summed E-state index contributed by atoms with van der Waals surface area (Å²) in [5, 5.41) is 19.7. The molecular formula is C6H6N2OS. The molecule has 0 amide bonds. The van der Waals surface area contributed by atoms with Crippen LogP contribution in [0.3, 0.4) is 0 Å². The van der Waals surface area contributed by atoms with E-state index in [4.69, 9.17) is 10.4 Å². The Morgan fingerprint density at radius 1 is 1.90 bits per heavy atom. The van der Waals surface area contributed by atoms with Crippen LogP contribution >= 0.6 is 11.3 Å². The van der Waals surface area contributed by atoms with Crippen molar-refractivity contribution in [3.05, 3.63) is 16.1 Å². The topological polar surface area (TPSA) is 56.9 Å². The zero-order valence-corrected chi connectivity index (χ0v) is 6.22. The number of aryl methyl sites for hydroxylation is 1. The minimum Gasteiger partial charge on any atom is -0.373 e. The van der Waals surface area contributed by atoms with Gasteiger partial charge in [0.15, 0.2) is 6.10 Å². The smallest absolute Gasteiger partial charge is 0.183 e. The number of nitrogens with zero attached hydrogens (tertiary/aromatic N) is 2. The average molecular weight is 154 g/mol. The lowest BCUT2D eigenvalue weighted by Crippen LogP contribution is -1.92. The van der Waals surface area contributed by atoms with Gasteiger partial charge in [-0.2, -0.15) is 5.26 Å². The van der Waals surface area contributed by atoms with Gasteiger partial charge in [0.2, 0.25) is 0 Å². The molecule has 0 fully saturated rings. The molecule has 0 spiro atoms. The molecule has 0 aliphatic heterocycles. The molecule has 52 valence electrons. The molecule has 0 saturated carbocycles. The van der Waals surface area contributed by atoms with Crippen LogP contribution in [0.4, 0.5) is 0 Å². The lowest BCUT2D eigenvalue weighted by atomic mass is 10.3. The Bertz CT molecular complexity index is 263. The molecule has 0 aliphatic rings. The molecule has 0 saturated heterocycles. The van der Waals surface area contributed by atoms with Crippen molar-refractivity contribution in [2.45, 2.75) is 13.0 Å². The van der Waals surface area contributed by atoms with Gasteiger partial charge in [-0.05, 0) is 6.92 Å². The van der Waals surface area contributed by atoms with Crippen LogP contribution in [-0.4, -0.2) is 10.1 Å². The van der Waals surface area contributed by atoms with E-state index < -0.39 is 6.10 Å². The van der Waals surface area contributed by atoms with Gasteiger partial charge in [-0.25, -0.2) is 4.98 Å². The van der Waals surface area contributed by atoms with Crippen molar-refractivity contribution in [3.63, 3.8) is 0 Å². The van der Waals surface area contributed by atoms with Gasteiger partial charge in [-0.15, -0.1) is 11.3 Å². The summed E-state index contributed by atoms with van der Waals surface area (Å²) in [6.45, 7) is 1.83. The van der Waals surface area contributed by atoms with Crippen molar-refractivity contribution in [3.8, 4) is 6.07 Å². The van der Waals surface area contributed by atoms with E-state index in [-0.39, 0.29) is 0 Å². The van der Waals surface area contributed by atoms with E-state index in [2.05, 4.69) is 4.98 Å². The molecule has 0 aromatic carbocycles. The van der Waals surface area contributed by atoms with Crippen LogP contribution in [0.5, 0.6) is 0 Å². The number of hydrogen-bond acceptors (Lipinski definition) is 4. The van der Waals surface area contributed by atoms with Crippen molar-refractivity contribution >= 4 is 11.3 Å². The fourth-order valence-electron chi connectivity index (χ4n) is 0.572. The summed E-state index contributed by atoms with van der Waals surface area (Å²) in [6, 6.07) is 1.69. The molecule has 1 atom stereocenters. The normalized spacial score (nSPS) is 12.5. The Morgan fingerprint density at radius 3 is 3.00 bits per heavy atom. The molecule has 10 heavy (non-hydrogen) atoms. The molecule has 3 nitrogen and oxygen atoms in total. The number of hydrogen-bond donors (Lipinski definition) is 1. The Morgan fingerprint density at radius 2 is 2.60 bits per heavy atom. The lowest BCUT2D eigenvalue weighted by Gasteiger charge is -1.91. The van der Waals surface area contributed by atoms with E-state index >= 15 is 0 Å². The van der Waals surface area contributed by atoms with Gasteiger partial charge in [0.1, 0.15) is 6.07 Å². The number of rotatable bonds is 1. The predicted molar refractivity (Wildman–Crippen MR) is 37.4 cm³/mol. The molecule has 1 aromatic heterocycles. The van der Waals surface area contributed by atoms with Crippen LogP contribution in [0.25, 0.3) is 0 Å². The summed E-state index contributed by atoms with van der Waals surface area (Å²) in [5.41, 5.74) is 0.449. The minimum atomic E-state index is -1.06. The maximum absolute atomic E-state index is 8.93. The first-order chi connectivity index (χ1) is 4.74. The first-order valence-electron chi connectivity index (χ1n) is 2.73. The van der Waals surface area contributed by atoms with Crippen molar-refractivity contribution in [1.29, 1.82) is 5.26 Å². The Balaban J connectivity index is 2.87. The highest BCUT2D eigenvalue weighted by atomic mass is 32.1. The summed E-state index contributed by atoms with van der Waals surface area (Å²) >= 11 is 1.43. The van der Waals surface area contributed by atoms with Gasteiger partial charge in [-0.1, -0.05) is 0 Å². The highest BCUT2D eigenvalue weighted by Crippen LogP contribution is 2.14. The van der Waals surface area contributed by atoms with E-state index in [0.29, 0.717) is 5.69 Å².